The third-order valence-corrected chi connectivity index (χ3v) is 4.94. The number of carbonyl (C=O) groups excluding carboxylic acids is 2. The average molecular weight is 344 g/mol. The van der Waals surface area contributed by atoms with E-state index in [1.54, 1.807) is 11.0 Å². The number of nitrogens with zero attached hydrogens (tertiary/aromatic N) is 2. The van der Waals surface area contributed by atoms with Crippen LogP contribution in [0.3, 0.4) is 0 Å². The van der Waals surface area contributed by atoms with Crippen molar-refractivity contribution in [3.8, 4) is 6.07 Å². The third-order valence-electron chi connectivity index (χ3n) is 4.94. The third kappa shape index (κ3) is 3.11. The summed E-state index contributed by atoms with van der Waals surface area (Å²) in [4.78, 5) is 26.7. The number of ketones is 1. The van der Waals surface area contributed by atoms with Gasteiger partial charge in [-0.25, -0.2) is 9.18 Å². The smallest absolute Gasteiger partial charge is 0.410 e. The molecule has 0 bridgehead atoms. The summed E-state index contributed by atoms with van der Waals surface area (Å²) in [5.74, 6) is -0.625. The van der Waals surface area contributed by atoms with Crippen LogP contribution in [0.2, 0.25) is 0 Å². The molecule has 0 N–H and O–H groups in total. The van der Waals surface area contributed by atoms with E-state index < -0.39 is 16.8 Å². The molecule has 25 heavy (non-hydrogen) atoms. The number of ether oxygens (including phenoxy) is 1. The van der Waals surface area contributed by atoms with Crippen molar-refractivity contribution in [1.82, 2.24) is 4.90 Å². The second-order valence-electron chi connectivity index (χ2n) is 7.85. The van der Waals surface area contributed by atoms with Gasteiger partial charge in [-0.15, -0.1) is 0 Å². The maximum Gasteiger partial charge on any atom is 0.410 e. The summed E-state index contributed by atoms with van der Waals surface area (Å²) in [6.45, 7) is 6.31. The monoisotopic (exact) mass is 344 g/mol. The van der Waals surface area contributed by atoms with Crippen LogP contribution in [0.25, 0.3) is 0 Å². The van der Waals surface area contributed by atoms with Crippen molar-refractivity contribution in [2.75, 3.05) is 13.1 Å². The molecule has 1 amide bonds. The lowest BCUT2D eigenvalue weighted by Gasteiger charge is -2.38. The van der Waals surface area contributed by atoms with Gasteiger partial charge in [0.1, 0.15) is 17.5 Å². The van der Waals surface area contributed by atoms with Crippen LogP contribution in [0.4, 0.5) is 9.18 Å². The summed E-state index contributed by atoms with van der Waals surface area (Å²) in [7, 11) is 0. The van der Waals surface area contributed by atoms with E-state index in [1.165, 1.54) is 12.1 Å². The summed E-state index contributed by atoms with van der Waals surface area (Å²) in [6, 6.07) is 4.45. The van der Waals surface area contributed by atoms with Crippen molar-refractivity contribution < 1.29 is 18.7 Å². The highest BCUT2D eigenvalue weighted by molar-refractivity contribution is 6.05. The van der Waals surface area contributed by atoms with Gasteiger partial charge in [-0.05, 0) is 57.7 Å². The predicted molar refractivity (Wildman–Crippen MR) is 88.6 cm³/mol. The zero-order chi connectivity index (χ0) is 18.4. The average Bonchev–Trinajstić information content (AvgIpc) is 2.77. The number of nitriles is 1. The largest absolute Gasteiger partial charge is 0.444 e. The molecule has 1 spiro atoms. The minimum Gasteiger partial charge on any atom is -0.444 e. The molecule has 1 heterocycles. The number of carbonyl (C=O) groups is 2. The Bertz CT molecular complexity index is 781. The fourth-order valence-corrected chi connectivity index (χ4v) is 3.64. The van der Waals surface area contributed by atoms with Gasteiger partial charge in [0.15, 0.2) is 5.78 Å². The van der Waals surface area contributed by atoms with Crippen LogP contribution in [0, 0.1) is 22.6 Å². The standard InChI is InChI=1S/C19H21FN2O3/c1-18(2,3)25-17(24)22-6-4-19(5-7-22)10-12-9-15(20)13(11-21)8-14(12)16(19)23/h8-9H,4-7,10H2,1-3H3. The van der Waals surface area contributed by atoms with Gasteiger partial charge in [0.25, 0.3) is 0 Å². The minimum absolute atomic E-state index is 0.0390. The first-order valence-electron chi connectivity index (χ1n) is 8.40. The number of Topliss-reactive ketones (excluding diaryl/α,β-unsaturated/α-hetero) is 1. The van der Waals surface area contributed by atoms with Gasteiger partial charge in [0.05, 0.1) is 5.56 Å². The summed E-state index contributed by atoms with van der Waals surface area (Å²) in [5, 5.41) is 8.97. The molecule has 6 heteroatoms. The Morgan fingerprint density at radius 3 is 2.52 bits per heavy atom. The Balaban J connectivity index is 1.75. The number of halogens is 1. The van der Waals surface area contributed by atoms with Gasteiger partial charge in [-0.3, -0.25) is 4.79 Å². The van der Waals surface area contributed by atoms with E-state index in [9.17, 15) is 14.0 Å². The van der Waals surface area contributed by atoms with Gasteiger partial charge in [0.2, 0.25) is 0 Å². The lowest BCUT2D eigenvalue weighted by molar-refractivity contribution is 0.0114. The molecule has 132 valence electrons. The number of piperidine rings is 1. The number of hydrogen-bond acceptors (Lipinski definition) is 4. The maximum absolute atomic E-state index is 13.9. The van der Waals surface area contributed by atoms with Crippen LogP contribution in [0.5, 0.6) is 0 Å². The van der Waals surface area contributed by atoms with E-state index in [4.69, 9.17) is 10.00 Å². The van der Waals surface area contributed by atoms with Gasteiger partial charge in [-0.1, -0.05) is 0 Å². The molecule has 0 unspecified atom stereocenters. The molecule has 1 saturated heterocycles. The molecule has 0 saturated carbocycles. The number of rotatable bonds is 0. The first-order chi connectivity index (χ1) is 11.6. The van der Waals surface area contributed by atoms with Gasteiger partial charge >= 0.3 is 6.09 Å². The molecule has 0 radical (unpaired) electrons. The Labute approximate surface area is 146 Å². The van der Waals surface area contributed by atoms with Gasteiger partial charge < -0.3 is 9.64 Å². The molecule has 3 rings (SSSR count). The number of hydrogen-bond donors (Lipinski definition) is 0. The Morgan fingerprint density at radius 1 is 1.32 bits per heavy atom. The lowest BCUT2D eigenvalue weighted by Crippen LogP contribution is -2.47. The Hall–Kier alpha value is -2.42. The normalized spacial score (nSPS) is 18.8. The number of likely N-dealkylation sites (tertiary alicyclic amines) is 1. The highest BCUT2D eigenvalue weighted by Gasteiger charge is 2.48. The van der Waals surface area contributed by atoms with Gasteiger partial charge in [0, 0.05) is 24.1 Å². The molecular formula is C19H21FN2O3. The van der Waals surface area contributed by atoms with E-state index in [-0.39, 0.29) is 17.4 Å². The summed E-state index contributed by atoms with van der Waals surface area (Å²) >= 11 is 0. The van der Waals surface area contributed by atoms with Crippen LogP contribution in [0.1, 0.15) is 55.1 Å². The van der Waals surface area contributed by atoms with E-state index >= 15 is 0 Å². The number of amides is 1. The zero-order valence-corrected chi connectivity index (χ0v) is 14.7. The van der Waals surface area contributed by atoms with Crippen LogP contribution in [0.15, 0.2) is 12.1 Å². The number of fused-ring (bicyclic) bond motifs is 1. The van der Waals surface area contributed by atoms with Crippen molar-refractivity contribution in [2.45, 2.75) is 45.6 Å². The second-order valence-corrected chi connectivity index (χ2v) is 7.85. The van der Waals surface area contributed by atoms with Crippen molar-refractivity contribution in [1.29, 1.82) is 5.26 Å². The van der Waals surface area contributed by atoms with Crippen molar-refractivity contribution in [3.63, 3.8) is 0 Å². The van der Waals surface area contributed by atoms with E-state index in [2.05, 4.69) is 0 Å². The molecule has 2 aliphatic rings. The molecule has 0 atom stereocenters. The highest BCUT2D eigenvalue weighted by Crippen LogP contribution is 2.45. The first kappa shape index (κ1) is 17.4. The quantitative estimate of drug-likeness (QED) is 0.723. The van der Waals surface area contributed by atoms with E-state index in [1.807, 2.05) is 20.8 Å². The van der Waals surface area contributed by atoms with Crippen LogP contribution in [-0.2, 0) is 11.2 Å². The number of benzene rings is 1. The molecular weight excluding hydrogens is 323 g/mol. The molecule has 0 aromatic heterocycles. The van der Waals surface area contributed by atoms with Crippen LogP contribution in [-0.4, -0.2) is 35.5 Å². The molecule has 1 aliphatic heterocycles. The first-order valence-corrected chi connectivity index (χ1v) is 8.40. The van der Waals surface area contributed by atoms with E-state index in [0.29, 0.717) is 43.5 Å². The zero-order valence-electron chi connectivity index (χ0n) is 14.7. The molecule has 5 nitrogen and oxygen atoms in total. The minimum atomic E-state index is -0.596. The van der Waals surface area contributed by atoms with Crippen molar-refractivity contribution in [3.05, 3.63) is 34.6 Å². The molecule has 1 fully saturated rings. The van der Waals surface area contributed by atoms with Crippen molar-refractivity contribution in [2.24, 2.45) is 5.41 Å². The molecule has 1 aromatic rings. The summed E-state index contributed by atoms with van der Waals surface area (Å²) < 4.78 is 19.2. The topological polar surface area (TPSA) is 70.4 Å². The van der Waals surface area contributed by atoms with Gasteiger partial charge in [-0.2, -0.15) is 5.26 Å². The second kappa shape index (κ2) is 5.83. The summed E-state index contributed by atoms with van der Waals surface area (Å²) in [5.41, 5.74) is -0.149. The van der Waals surface area contributed by atoms with E-state index in [0.717, 1.165) is 0 Å². The predicted octanol–water partition coefficient (Wildman–Crippen LogP) is 3.45. The SMILES string of the molecule is CC(C)(C)OC(=O)N1CCC2(CC1)Cc1cc(F)c(C#N)cc1C2=O. The Kier molecular flexibility index (Phi) is 4.06. The molecule has 1 aliphatic carbocycles. The summed E-state index contributed by atoms with van der Waals surface area (Å²) in [6.07, 6.45) is 1.13. The Morgan fingerprint density at radius 2 is 1.96 bits per heavy atom. The van der Waals surface area contributed by atoms with Crippen LogP contribution >= 0.6 is 0 Å². The fraction of sp³-hybridized carbons (Fsp3) is 0.526. The highest BCUT2D eigenvalue weighted by atomic mass is 19.1. The maximum atomic E-state index is 13.9. The lowest BCUT2D eigenvalue weighted by atomic mass is 9.75. The van der Waals surface area contributed by atoms with Crippen molar-refractivity contribution >= 4 is 11.9 Å². The van der Waals surface area contributed by atoms with Crippen LogP contribution < -0.4 is 0 Å². The fourth-order valence-electron chi connectivity index (χ4n) is 3.64. The molecule has 1 aromatic carbocycles.